The molecular formula is C20H23FN2O3S. The molecule has 0 heterocycles. The zero-order valence-electron chi connectivity index (χ0n) is 15.4. The van der Waals surface area contributed by atoms with Crippen LogP contribution in [-0.2, 0) is 21.4 Å². The molecule has 0 aliphatic heterocycles. The zero-order chi connectivity index (χ0) is 19.9. The minimum absolute atomic E-state index is 0.223. The van der Waals surface area contributed by atoms with Gasteiger partial charge in [0.1, 0.15) is 5.82 Å². The Bertz CT molecular complexity index is 905. The fourth-order valence-corrected chi connectivity index (χ4v) is 3.97. The Morgan fingerprint density at radius 3 is 2.30 bits per heavy atom. The van der Waals surface area contributed by atoms with Crippen molar-refractivity contribution in [2.45, 2.75) is 25.3 Å². The number of hydrogen-bond acceptors (Lipinski definition) is 3. The van der Waals surface area contributed by atoms with E-state index in [4.69, 9.17) is 0 Å². The molecule has 2 aromatic carbocycles. The molecular weight excluding hydrogens is 367 g/mol. The van der Waals surface area contributed by atoms with Crippen LogP contribution in [0.3, 0.4) is 0 Å². The number of amides is 1. The van der Waals surface area contributed by atoms with Crippen molar-refractivity contribution in [2.24, 2.45) is 0 Å². The first-order valence-corrected chi connectivity index (χ1v) is 10.1. The molecule has 0 aromatic heterocycles. The maximum atomic E-state index is 13.5. The fourth-order valence-electron chi connectivity index (χ4n) is 2.52. The van der Waals surface area contributed by atoms with Crippen LogP contribution < -0.4 is 5.32 Å². The lowest BCUT2D eigenvalue weighted by Gasteiger charge is -2.18. The minimum atomic E-state index is -3.49. The Morgan fingerprint density at radius 2 is 1.70 bits per heavy atom. The van der Waals surface area contributed by atoms with Crippen LogP contribution in [0.15, 0.2) is 59.5 Å². The summed E-state index contributed by atoms with van der Waals surface area (Å²) in [6, 6.07) is 12.6. The summed E-state index contributed by atoms with van der Waals surface area (Å²) < 4.78 is 39.8. The fraction of sp³-hybridized carbons (Fsp3) is 0.250. The predicted octanol–water partition coefficient (Wildman–Crippen LogP) is 3.19. The van der Waals surface area contributed by atoms with E-state index in [0.717, 1.165) is 5.56 Å². The van der Waals surface area contributed by atoms with Crippen LogP contribution in [0.4, 0.5) is 4.39 Å². The number of nitrogens with zero attached hydrogens (tertiary/aromatic N) is 1. The van der Waals surface area contributed by atoms with Crippen molar-refractivity contribution in [2.75, 3.05) is 13.1 Å². The van der Waals surface area contributed by atoms with Gasteiger partial charge in [0.05, 0.1) is 4.90 Å². The van der Waals surface area contributed by atoms with Gasteiger partial charge in [0.2, 0.25) is 15.9 Å². The smallest absolute Gasteiger partial charge is 0.244 e. The molecule has 0 bridgehead atoms. The standard InChI is InChI=1S/C20H23FN2O3S/c1-3-23(4-2)27(25,26)18-12-9-16(10-13-18)15-22-20(24)14-11-17-7-5-6-8-19(17)21/h5-14H,3-4,15H2,1-2H3,(H,22,24)/b14-11+. The van der Waals surface area contributed by atoms with Gasteiger partial charge in [-0.3, -0.25) is 4.79 Å². The normalized spacial score (nSPS) is 11.9. The van der Waals surface area contributed by atoms with E-state index in [1.165, 1.54) is 34.7 Å². The second-order valence-electron chi connectivity index (χ2n) is 5.81. The van der Waals surface area contributed by atoms with Crippen molar-refractivity contribution in [3.05, 3.63) is 71.6 Å². The molecule has 5 nitrogen and oxygen atoms in total. The Morgan fingerprint density at radius 1 is 1.07 bits per heavy atom. The second kappa shape index (κ2) is 9.43. The summed E-state index contributed by atoms with van der Waals surface area (Å²) in [5, 5.41) is 2.68. The van der Waals surface area contributed by atoms with Gasteiger partial charge in [-0.2, -0.15) is 4.31 Å². The number of carbonyl (C=O) groups excluding carboxylic acids is 1. The average Bonchev–Trinajstić information content (AvgIpc) is 2.67. The first-order chi connectivity index (χ1) is 12.9. The Hall–Kier alpha value is -2.51. The lowest BCUT2D eigenvalue weighted by Crippen LogP contribution is -2.30. The molecule has 0 fully saturated rings. The van der Waals surface area contributed by atoms with Gasteiger partial charge in [0.25, 0.3) is 0 Å². The van der Waals surface area contributed by atoms with E-state index in [1.807, 2.05) is 0 Å². The first kappa shape index (κ1) is 20.8. The van der Waals surface area contributed by atoms with Gasteiger partial charge in [-0.15, -0.1) is 0 Å². The van der Waals surface area contributed by atoms with Crippen LogP contribution in [0.25, 0.3) is 6.08 Å². The molecule has 1 N–H and O–H groups in total. The van der Waals surface area contributed by atoms with Crippen molar-refractivity contribution in [3.63, 3.8) is 0 Å². The summed E-state index contributed by atoms with van der Waals surface area (Å²) in [7, 11) is -3.49. The van der Waals surface area contributed by atoms with Gasteiger partial charge in [-0.1, -0.05) is 44.2 Å². The molecule has 0 saturated carbocycles. The van der Waals surface area contributed by atoms with Crippen molar-refractivity contribution < 1.29 is 17.6 Å². The SMILES string of the molecule is CCN(CC)S(=O)(=O)c1ccc(CNC(=O)/C=C/c2ccccc2F)cc1. The summed E-state index contributed by atoms with van der Waals surface area (Å²) in [6.45, 7) is 4.64. The highest BCUT2D eigenvalue weighted by Crippen LogP contribution is 2.16. The summed E-state index contributed by atoms with van der Waals surface area (Å²) in [6.07, 6.45) is 2.67. The minimum Gasteiger partial charge on any atom is -0.348 e. The van der Waals surface area contributed by atoms with E-state index in [-0.39, 0.29) is 17.3 Å². The third kappa shape index (κ3) is 5.48. The average molecular weight is 390 g/mol. The van der Waals surface area contributed by atoms with Gasteiger partial charge < -0.3 is 5.32 Å². The van der Waals surface area contributed by atoms with E-state index in [9.17, 15) is 17.6 Å². The van der Waals surface area contributed by atoms with Crippen molar-refractivity contribution in [3.8, 4) is 0 Å². The van der Waals surface area contributed by atoms with Crippen LogP contribution in [0.1, 0.15) is 25.0 Å². The molecule has 2 aromatic rings. The molecule has 144 valence electrons. The molecule has 27 heavy (non-hydrogen) atoms. The highest BCUT2D eigenvalue weighted by molar-refractivity contribution is 7.89. The maximum absolute atomic E-state index is 13.5. The molecule has 7 heteroatoms. The number of hydrogen-bond donors (Lipinski definition) is 1. The van der Waals surface area contributed by atoms with Crippen LogP contribution >= 0.6 is 0 Å². The molecule has 0 aliphatic carbocycles. The van der Waals surface area contributed by atoms with E-state index in [0.29, 0.717) is 18.7 Å². The number of halogens is 1. The molecule has 0 atom stereocenters. The summed E-state index contributed by atoms with van der Waals surface area (Å²) >= 11 is 0. The lowest BCUT2D eigenvalue weighted by atomic mass is 10.2. The molecule has 0 radical (unpaired) electrons. The number of carbonyl (C=O) groups is 1. The van der Waals surface area contributed by atoms with Crippen molar-refractivity contribution in [1.82, 2.24) is 9.62 Å². The first-order valence-electron chi connectivity index (χ1n) is 8.68. The number of rotatable bonds is 8. The van der Waals surface area contributed by atoms with Gasteiger partial charge in [0, 0.05) is 31.3 Å². The highest BCUT2D eigenvalue weighted by atomic mass is 32.2. The highest BCUT2D eigenvalue weighted by Gasteiger charge is 2.21. The Balaban J connectivity index is 1.97. The quantitative estimate of drug-likeness (QED) is 0.704. The van der Waals surface area contributed by atoms with Gasteiger partial charge >= 0.3 is 0 Å². The molecule has 0 unspecified atom stereocenters. The van der Waals surface area contributed by atoms with Gasteiger partial charge in [-0.25, -0.2) is 12.8 Å². The largest absolute Gasteiger partial charge is 0.348 e. The van der Waals surface area contributed by atoms with Crippen molar-refractivity contribution >= 4 is 22.0 Å². The Kier molecular flexibility index (Phi) is 7.27. The van der Waals surface area contributed by atoms with E-state index < -0.39 is 15.8 Å². The molecule has 0 spiro atoms. The van der Waals surface area contributed by atoms with E-state index >= 15 is 0 Å². The van der Waals surface area contributed by atoms with Gasteiger partial charge in [0.15, 0.2) is 0 Å². The van der Waals surface area contributed by atoms with Crippen LogP contribution in [0.5, 0.6) is 0 Å². The monoisotopic (exact) mass is 390 g/mol. The maximum Gasteiger partial charge on any atom is 0.244 e. The topological polar surface area (TPSA) is 66.5 Å². The second-order valence-corrected chi connectivity index (χ2v) is 7.74. The van der Waals surface area contributed by atoms with Crippen LogP contribution in [0.2, 0.25) is 0 Å². The summed E-state index contributed by atoms with van der Waals surface area (Å²) in [5.41, 5.74) is 1.10. The summed E-state index contributed by atoms with van der Waals surface area (Å²) in [5.74, 6) is -0.760. The van der Waals surface area contributed by atoms with E-state index in [1.54, 1.807) is 44.2 Å². The number of nitrogens with one attached hydrogen (secondary N) is 1. The van der Waals surface area contributed by atoms with Crippen molar-refractivity contribution in [1.29, 1.82) is 0 Å². The molecule has 2 rings (SSSR count). The van der Waals surface area contributed by atoms with Crippen LogP contribution in [-0.4, -0.2) is 31.7 Å². The predicted molar refractivity (Wildman–Crippen MR) is 104 cm³/mol. The third-order valence-corrected chi connectivity index (χ3v) is 6.12. The molecule has 0 saturated heterocycles. The Labute approximate surface area is 159 Å². The lowest BCUT2D eigenvalue weighted by molar-refractivity contribution is -0.116. The number of sulfonamides is 1. The third-order valence-electron chi connectivity index (χ3n) is 4.05. The number of benzene rings is 2. The summed E-state index contributed by atoms with van der Waals surface area (Å²) in [4.78, 5) is 12.1. The molecule has 0 aliphatic rings. The van der Waals surface area contributed by atoms with Gasteiger partial charge in [-0.05, 0) is 29.8 Å². The molecule has 1 amide bonds. The van der Waals surface area contributed by atoms with E-state index in [2.05, 4.69) is 5.32 Å². The zero-order valence-corrected chi connectivity index (χ0v) is 16.2. The van der Waals surface area contributed by atoms with Crippen LogP contribution in [0, 0.1) is 5.82 Å².